The van der Waals surface area contributed by atoms with Crippen LogP contribution < -0.4 is 10.4 Å². The van der Waals surface area contributed by atoms with Crippen molar-refractivity contribution in [3.05, 3.63) is 5.01 Å². The molecule has 0 fully saturated rings. The molecule has 0 aromatic carbocycles. The van der Waals surface area contributed by atoms with Crippen molar-refractivity contribution in [3.8, 4) is 0 Å². The van der Waals surface area contributed by atoms with Gasteiger partial charge in [0.25, 0.3) is 0 Å². The molecule has 49 valence electrons. The Balaban J connectivity index is 3.21. The predicted octanol–water partition coefficient (Wildman–Crippen LogP) is -2.02. The summed E-state index contributed by atoms with van der Waals surface area (Å²) in [6.45, 7) is 10.7. The zero-order chi connectivity index (χ0) is 8.27. The molecule has 0 aliphatic carbocycles. The van der Waals surface area contributed by atoms with E-state index < -0.39 is 0 Å². The van der Waals surface area contributed by atoms with Crippen molar-refractivity contribution in [3.63, 3.8) is 0 Å². The van der Waals surface area contributed by atoms with Crippen LogP contribution in [0.4, 0.5) is 0 Å². The standard InChI is InChI=1S/C6H5B3NS/c1-8-5-6(9-2)11-4(3-7)10-5/h3H,1-2H2. The zero-order valence-corrected chi connectivity index (χ0v) is 6.90. The topological polar surface area (TPSA) is 12.9 Å². The van der Waals surface area contributed by atoms with Gasteiger partial charge in [-0.15, -0.1) is 0 Å². The zero-order valence-electron chi connectivity index (χ0n) is 6.08. The number of thiazole rings is 1. The summed E-state index contributed by atoms with van der Waals surface area (Å²) in [5.74, 6) is 1.48. The van der Waals surface area contributed by atoms with Crippen molar-refractivity contribution in [1.29, 1.82) is 0 Å². The van der Waals surface area contributed by atoms with E-state index in [-0.39, 0.29) is 0 Å². The van der Waals surface area contributed by atoms with E-state index in [2.05, 4.69) is 17.9 Å². The fraction of sp³-hybridized carbons (Fsp3) is 0. The van der Waals surface area contributed by atoms with Crippen LogP contribution in [0.15, 0.2) is 0 Å². The fourth-order valence-corrected chi connectivity index (χ4v) is 1.48. The summed E-state index contributed by atoms with van der Waals surface area (Å²) >= 11 is 1.50. The third kappa shape index (κ3) is 1.72. The summed E-state index contributed by atoms with van der Waals surface area (Å²) in [5.41, 5.74) is 0.849. The molecule has 1 nitrogen and oxygen atoms in total. The van der Waals surface area contributed by atoms with Crippen LogP contribution in [-0.2, 0) is 0 Å². The number of nitrogens with zero attached hydrogens (tertiary/aromatic N) is 1. The summed E-state index contributed by atoms with van der Waals surface area (Å²) in [6.07, 6.45) is 0. The number of aromatic nitrogens is 1. The third-order valence-electron chi connectivity index (χ3n) is 1.22. The van der Waals surface area contributed by atoms with Crippen LogP contribution in [0.1, 0.15) is 5.01 Å². The fourth-order valence-electron chi connectivity index (χ4n) is 0.725. The quantitative estimate of drug-likeness (QED) is 0.460. The van der Waals surface area contributed by atoms with Crippen molar-refractivity contribution in [2.45, 2.75) is 0 Å². The average molecular weight is 156 g/mol. The Hall–Kier alpha value is -0.565. The van der Waals surface area contributed by atoms with E-state index in [1.807, 2.05) is 0 Å². The first-order valence-electron chi connectivity index (χ1n) is 3.12. The summed E-state index contributed by atoms with van der Waals surface area (Å²) in [7, 11) is 5.30. The number of hydrogen-bond donors (Lipinski definition) is 0. The van der Waals surface area contributed by atoms with Gasteiger partial charge in [-0.3, -0.25) is 0 Å². The molecule has 0 atom stereocenters. The van der Waals surface area contributed by atoms with E-state index in [0.717, 1.165) is 15.4 Å². The van der Waals surface area contributed by atoms with Gasteiger partial charge >= 0.3 is 71.9 Å². The van der Waals surface area contributed by atoms with E-state index in [9.17, 15) is 0 Å². The Labute approximate surface area is 72.4 Å². The van der Waals surface area contributed by atoms with Gasteiger partial charge in [0, 0.05) is 0 Å². The van der Waals surface area contributed by atoms with Gasteiger partial charge < -0.3 is 0 Å². The summed E-state index contributed by atoms with van der Waals surface area (Å²) in [5, 5.41) is 0.801. The van der Waals surface area contributed by atoms with Gasteiger partial charge in [-0.25, -0.2) is 0 Å². The first kappa shape index (κ1) is 8.53. The van der Waals surface area contributed by atoms with Crippen LogP contribution in [0.5, 0.6) is 0 Å². The van der Waals surface area contributed by atoms with Crippen LogP contribution >= 0.6 is 11.3 Å². The molecule has 1 heterocycles. The predicted molar refractivity (Wildman–Crippen MR) is 58.1 cm³/mol. The van der Waals surface area contributed by atoms with Gasteiger partial charge in [0.05, 0.1) is 0 Å². The van der Waals surface area contributed by atoms with Crippen molar-refractivity contribution in [1.82, 2.24) is 4.98 Å². The first-order valence-corrected chi connectivity index (χ1v) is 3.94. The minimum atomic E-state index is 0.801. The number of rotatable bonds is 3. The van der Waals surface area contributed by atoms with Crippen LogP contribution in [0, 0.1) is 0 Å². The molecule has 0 bridgehead atoms. The molecule has 1 aromatic rings. The van der Waals surface area contributed by atoms with Crippen LogP contribution in [0.2, 0.25) is 0 Å². The van der Waals surface area contributed by atoms with Crippen LogP contribution in [-0.4, -0.2) is 45.2 Å². The molecule has 11 heavy (non-hydrogen) atoms. The normalized spacial score (nSPS) is 8.27. The molecule has 0 aliphatic rings. The summed E-state index contributed by atoms with van der Waals surface area (Å²) in [4.78, 5) is 4.17. The summed E-state index contributed by atoms with van der Waals surface area (Å²) < 4.78 is 1.01. The molecule has 0 saturated heterocycles. The van der Waals surface area contributed by atoms with E-state index >= 15 is 0 Å². The minimum absolute atomic E-state index is 0.801. The van der Waals surface area contributed by atoms with Crippen molar-refractivity contribution in [2.75, 3.05) is 0 Å². The molecule has 0 amide bonds. The van der Waals surface area contributed by atoms with Crippen molar-refractivity contribution in [2.24, 2.45) is 0 Å². The Bertz CT molecular complexity index is 279. The van der Waals surface area contributed by atoms with E-state index in [1.54, 1.807) is 13.8 Å². The van der Waals surface area contributed by atoms with Gasteiger partial charge in [0.15, 0.2) is 0 Å². The molecular formula is C6H5B3NS. The van der Waals surface area contributed by atoms with Gasteiger partial charge in [-0.2, -0.15) is 0 Å². The number of hydrogen-bond acceptors (Lipinski definition) is 2. The van der Waals surface area contributed by atoms with Gasteiger partial charge in [-0.1, -0.05) is 0 Å². The molecule has 0 N–H and O–H groups in total. The second-order valence-corrected chi connectivity index (χ2v) is 2.94. The molecule has 0 saturated carbocycles. The Morgan fingerprint density at radius 2 is 2.18 bits per heavy atom. The van der Waals surface area contributed by atoms with Crippen molar-refractivity contribution < 1.29 is 0 Å². The van der Waals surface area contributed by atoms with E-state index in [0.29, 0.717) is 0 Å². The molecule has 1 aromatic heterocycles. The molecule has 0 aliphatic heterocycles. The molecule has 0 spiro atoms. The Morgan fingerprint density at radius 3 is 2.55 bits per heavy atom. The van der Waals surface area contributed by atoms with E-state index in [1.165, 1.54) is 17.3 Å². The summed E-state index contributed by atoms with van der Waals surface area (Å²) in [6, 6.07) is 0. The Kier molecular flexibility index (Phi) is 2.88. The molecule has 1 radical (unpaired) electrons. The average Bonchev–Trinajstić information content (AvgIpc) is 2.46. The van der Waals surface area contributed by atoms with E-state index in [4.69, 9.17) is 7.49 Å². The third-order valence-corrected chi connectivity index (χ3v) is 2.25. The SMILES string of the molecule is [B]=Cc1nc(B=C)c(B=C)s1. The monoisotopic (exact) mass is 156 g/mol. The maximum absolute atomic E-state index is 5.30. The molecular weight excluding hydrogens is 151 g/mol. The maximum atomic E-state index is 5.30. The second-order valence-electron chi connectivity index (χ2n) is 1.88. The molecule has 5 heteroatoms. The Morgan fingerprint density at radius 1 is 1.45 bits per heavy atom. The van der Waals surface area contributed by atoms with Crippen molar-refractivity contribution >= 4 is 61.9 Å². The van der Waals surface area contributed by atoms with Gasteiger partial charge in [-0.05, 0) is 0 Å². The second kappa shape index (κ2) is 3.72. The van der Waals surface area contributed by atoms with Gasteiger partial charge in [0.1, 0.15) is 0 Å². The van der Waals surface area contributed by atoms with Gasteiger partial charge in [0.2, 0.25) is 0 Å². The van der Waals surface area contributed by atoms with Crippen LogP contribution in [0.25, 0.3) is 0 Å². The first-order chi connectivity index (χ1) is 5.31. The van der Waals surface area contributed by atoms with Crippen LogP contribution in [0.3, 0.4) is 0 Å². The molecule has 1 rings (SSSR count). The molecule has 0 unspecified atom stereocenters.